The van der Waals surface area contributed by atoms with Crippen LogP contribution in [0.3, 0.4) is 0 Å². The fourth-order valence-corrected chi connectivity index (χ4v) is 2.63. The summed E-state index contributed by atoms with van der Waals surface area (Å²) in [5.74, 6) is 0. The van der Waals surface area contributed by atoms with Gasteiger partial charge in [-0.05, 0) is 65.7 Å². The van der Waals surface area contributed by atoms with Gasteiger partial charge in [0.2, 0.25) is 0 Å². The van der Waals surface area contributed by atoms with Gasteiger partial charge in [-0.1, -0.05) is 13.8 Å². The SMILES string of the molecule is CC1(C)CCC(NCC(C)(C)NC(=O)OC(C)(C)C)CC1. The molecule has 1 fully saturated rings. The van der Waals surface area contributed by atoms with E-state index in [1.54, 1.807) is 0 Å². The van der Waals surface area contributed by atoms with Crippen LogP contribution in [0.5, 0.6) is 0 Å². The third kappa shape index (κ3) is 7.70. The third-order valence-corrected chi connectivity index (χ3v) is 4.01. The van der Waals surface area contributed by atoms with Crippen molar-refractivity contribution in [2.75, 3.05) is 6.54 Å². The minimum absolute atomic E-state index is 0.310. The second kappa shape index (κ2) is 6.55. The van der Waals surface area contributed by atoms with Crippen LogP contribution in [0.15, 0.2) is 0 Å². The Labute approximate surface area is 130 Å². The topological polar surface area (TPSA) is 50.4 Å². The highest BCUT2D eigenvalue weighted by atomic mass is 16.6. The zero-order chi connectivity index (χ0) is 16.3. The first-order valence-electron chi connectivity index (χ1n) is 8.13. The molecule has 0 radical (unpaired) electrons. The van der Waals surface area contributed by atoms with Crippen molar-refractivity contribution >= 4 is 6.09 Å². The molecule has 0 aromatic rings. The molecule has 2 N–H and O–H groups in total. The Bertz CT molecular complexity index is 346. The second-order valence-electron chi connectivity index (χ2n) is 8.83. The first kappa shape index (κ1) is 18.3. The van der Waals surface area contributed by atoms with E-state index in [9.17, 15) is 4.79 Å². The lowest BCUT2D eigenvalue weighted by molar-refractivity contribution is 0.0469. The van der Waals surface area contributed by atoms with E-state index in [1.807, 2.05) is 34.6 Å². The van der Waals surface area contributed by atoms with Crippen LogP contribution in [0.2, 0.25) is 0 Å². The molecular weight excluding hydrogens is 264 g/mol. The average Bonchev–Trinajstić information content (AvgIpc) is 2.23. The smallest absolute Gasteiger partial charge is 0.408 e. The largest absolute Gasteiger partial charge is 0.444 e. The van der Waals surface area contributed by atoms with E-state index in [4.69, 9.17) is 4.74 Å². The minimum Gasteiger partial charge on any atom is -0.444 e. The zero-order valence-corrected chi connectivity index (χ0v) is 14.9. The van der Waals surface area contributed by atoms with Gasteiger partial charge in [0.05, 0.1) is 5.54 Å². The fourth-order valence-electron chi connectivity index (χ4n) is 2.63. The number of carbonyl (C=O) groups is 1. The Hall–Kier alpha value is -0.770. The molecule has 0 bridgehead atoms. The number of ether oxygens (including phenoxy) is 1. The van der Waals surface area contributed by atoms with Crippen LogP contribution in [0.25, 0.3) is 0 Å². The summed E-state index contributed by atoms with van der Waals surface area (Å²) in [4.78, 5) is 11.8. The highest BCUT2D eigenvalue weighted by molar-refractivity contribution is 5.68. The van der Waals surface area contributed by atoms with E-state index in [0.717, 1.165) is 6.54 Å². The normalized spacial score (nSPS) is 20.1. The monoisotopic (exact) mass is 298 g/mol. The van der Waals surface area contributed by atoms with E-state index in [2.05, 4.69) is 24.5 Å². The minimum atomic E-state index is -0.456. The highest BCUT2D eigenvalue weighted by Gasteiger charge is 2.29. The van der Waals surface area contributed by atoms with Gasteiger partial charge in [0.25, 0.3) is 0 Å². The Kier molecular flexibility index (Phi) is 5.70. The van der Waals surface area contributed by atoms with Crippen molar-refractivity contribution in [2.24, 2.45) is 5.41 Å². The lowest BCUT2D eigenvalue weighted by Gasteiger charge is -2.36. The van der Waals surface area contributed by atoms with Gasteiger partial charge in [-0.25, -0.2) is 4.79 Å². The van der Waals surface area contributed by atoms with Crippen LogP contribution in [-0.4, -0.2) is 29.8 Å². The number of alkyl carbamates (subject to hydrolysis) is 1. The average molecular weight is 298 g/mol. The van der Waals surface area contributed by atoms with E-state index < -0.39 is 5.60 Å². The predicted octanol–water partition coefficient (Wildman–Crippen LogP) is 3.85. The summed E-state index contributed by atoms with van der Waals surface area (Å²) in [5, 5.41) is 6.54. The number of rotatable bonds is 4. The molecule has 21 heavy (non-hydrogen) atoms. The van der Waals surface area contributed by atoms with Crippen molar-refractivity contribution in [3.8, 4) is 0 Å². The number of carbonyl (C=O) groups excluding carboxylic acids is 1. The number of amides is 1. The molecule has 4 heteroatoms. The van der Waals surface area contributed by atoms with Crippen molar-refractivity contribution < 1.29 is 9.53 Å². The summed E-state index contributed by atoms with van der Waals surface area (Å²) in [7, 11) is 0. The molecule has 0 spiro atoms. The molecule has 0 atom stereocenters. The summed E-state index contributed by atoms with van der Waals surface area (Å²) < 4.78 is 5.31. The maximum Gasteiger partial charge on any atom is 0.408 e. The maximum absolute atomic E-state index is 11.8. The Morgan fingerprint density at radius 1 is 1.14 bits per heavy atom. The second-order valence-corrected chi connectivity index (χ2v) is 8.83. The molecule has 124 valence electrons. The van der Waals surface area contributed by atoms with Gasteiger partial charge in [-0.3, -0.25) is 0 Å². The van der Waals surface area contributed by atoms with Crippen molar-refractivity contribution in [1.82, 2.24) is 10.6 Å². The molecule has 1 aliphatic rings. The molecule has 1 saturated carbocycles. The lowest BCUT2D eigenvalue weighted by Crippen LogP contribution is -2.53. The first-order valence-corrected chi connectivity index (χ1v) is 8.13. The molecule has 0 aliphatic heterocycles. The summed E-state index contributed by atoms with van der Waals surface area (Å²) in [6.45, 7) is 15.1. The summed E-state index contributed by atoms with van der Waals surface area (Å²) in [6, 6.07) is 0.567. The van der Waals surface area contributed by atoms with Crippen molar-refractivity contribution in [1.29, 1.82) is 0 Å². The van der Waals surface area contributed by atoms with Crippen LogP contribution in [-0.2, 0) is 4.74 Å². The number of hydrogen-bond donors (Lipinski definition) is 2. The molecule has 0 aromatic heterocycles. The van der Waals surface area contributed by atoms with Gasteiger partial charge < -0.3 is 15.4 Å². The number of hydrogen-bond acceptors (Lipinski definition) is 3. The Balaban J connectivity index is 2.34. The van der Waals surface area contributed by atoms with Crippen LogP contribution >= 0.6 is 0 Å². The van der Waals surface area contributed by atoms with Crippen LogP contribution in [0.1, 0.15) is 74.1 Å². The molecule has 4 nitrogen and oxygen atoms in total. The lowest BCUT2D eigenvalue weighted by atomic mass is 9.75. The van der Waals surface area contributed by atoms with Gasteiger partial charge in [-0.15, -0.1) is 0 Å². The molecule has 1 aliphatic carbocycles. The van der Waals surface area contributed by atoms with E-state index in [-0.39, 0.29) is 11.6 Å². The molecule has 0 unspecified atom stereocenters. The molecule has 0 saturated heterocycles. The molecular formula is C17H34N2O2. The van der Waals surface area contributed by atoms with Crippen LogP contribution in [0, 0.1) is 5.41 Å². The van der Waals surface area contributed by atoms with E-state index in [0.29, 0.717) is 11.5 Å². The van der Waals surface area contributed by atoms with Gasteiger partial charge in [0.15, 0.2) is 0 Å². The standard InChI is InChI=1S/C17H34N2O2/c1-15(2,3)21-14(20)19-17(6,7)12-18-13-8-10-16(4,5)11-9-13/h13,18H,8-12H2,1-7H3,(H,19,20). The van der Waals surface area contributed by atoms with E-state index >= 15 is 0 Å². The van der Waals surface area contributed by atoms with Gasteiger partial charge in [0, 0.05) is 12.6 Å². The zero-order valence-electron chi connectivity index (χ0n) is 14.9. The van der Waals surface area contributed by atoms with Crippen molar-refractivity contribution in [2.45, 2.75) is 91.3 Å². The third-order valence-electron chi connectivity index (χ3n) is 4.01. The molecule has 1 amide bonds. The van der Waals surface area contributed by atoms with Crippen molar-refractivity contribution in [3.05, 3.63) is 0 Å². The fraction of sp³-hybridized carbons (Fsp3) is 0.941. The predicted molar refractivity (Wildman–Crippen MR) is 87.5 cm³/mol. The first-order chi connectivity index (χ1) is 9.39. The maximum atomic E-state index is 11.8. The van der Waals surface area contributed by atoms with Gasteiger partial charge in [-0.2, -0.15) is 0 Å². The Morgan fingerprint density at radius 3 is 2.14 bits per heavy atom. The quantitative estimate of drug-likeness (QED) is 0.829. The van der Waals surface area contributed by atoms with E-state index in [1.165, 1.54) is 25.7 Å². The van der Waals surface area contributed by atoms with Crippen LogP contribution < -0.4 is 10.6 Å². The van der Waals surface area contributed by atoms with Crippen LogP contribution in [0.4, 0.5) is 4.79 Å². The molecule has 0 aromatic carbocycles. The molecule has 1 rings (SSSR count). The highest BCUT2D eigenvalue weighted by Crippen LogP contribution is 2.35. The Morgan fingerprint density at radius 2 is 1.67 bits per heavy atom. The van der Waals surface area contributed by atoms with Crippen molar-refractivity contribution in [3.63, 3.8) is 0 Å². The summed E-state index contributed by atoms with van der Waals surface area (Å²) >= 11 is 0. The van der Waals surface area contributed by atoms with Gasteiger partial charge in [0.1, 0.15) is 5.60 Å². The van der Waals surface area contributed by atoms with Gasteiger partial charge >= 0.3 is 6.09 Å². The number of nitrogens with one attached hydrogen (secondary N) is 2. The summed E-state index contributed by atoms with van der Waals surface area (Å²) in [6.07, 6.45) is 4.62. The molecule has 0 heterocycles. The summed E-state index contributed by atoms with van der Waals surface area (Å²) in [5.41, 5.74) is -0.277.